The summed E-state index contributed by atoms with van der Waals surface area (Å²) in [5.41, 5.74) is 1.71. The van der Waals surface area contributed by atoms with Crippen LogP contribution in [0.2, 0.25) is 0 Å². The standard InChI is InChI=1S/C17H19N3O3S/c1-12-4-5-16(15(21)7-12)23-11-17(22)20(13-8-18-19-9-13)10-14-3-2-6-24-14/h2-9,17,21-22H,10-11H2,1H3,(H,18,19). The Morgan fingerprint density at radius 2 is 2.25 bits per heavy atom. The molecule has 0 bridgehead atoms. The number of benzene rings is 1. The number of aliphatic hydroxyl groups is 1. The first-order chi connectivity index (χ1) is 11.6. The van der Waals surface area contributed by atoms with Crippen molar-refractivity contribution < 1.29 is 14.9 Å². The normalized spacial score (nSPS) is 12.1. The van der Waals surface area contributed by atoms with Gasteiger partial charge in [-0.2, -0.15) is 5.10 Å². The highest BCUT2D eigenvalue weighted by Crippen LogP contribution is 2.27. The molecule has 0 aliphatic heterocycles. The SMILES string of the molecule is Cc1ccc(OCC(O)N(Cc2cccs2)c2cn[nH]c2)c(O)c1. The molecule has 1 unspecified atom stereocenters. The van der Waals surface area contributed by atoms with Crippen molar-refractivity contribution >= 4 is 17.0 Å². The third-order valence-electron chi connectivity index (χ3n) is 3.58. The number of aromatic nitrogens is 2. The Bertz CT molecular complexity index is 760. The van der Waals surface area contributed by atoms with Crippen molar-refractivity contribution in [3.63, 3.8) is 0 Å². The monoisotopic (exact) mass is 345 g/mol. The van der Waals surface area contributed by atoms with Crippen LogP contribution in [0.4, 0.5) is 5.69 Å². The molecule has 0 spiro atoms. The smallest absolute Gasteiger partial charge is 0.161 e. The van der Waals surface area contributed by atoms with Gasteiger partial charge in [0.1, 0.15) is 6.61 Å². The maximum atomic E-state index is 10.6. The zero-order valence-electron chi connectivity index (χ0n) is 13.2. The van der Waals surface area contributed by atoms with Gasteiger partial charge in [0, 0.05) is 11.1 Å². The van der Waals surface area contributed by atoms with E-state index < -0.39 is 6.23 Å². The zero-order chi connectivity index (χ0) is 16.9. The number of phenols is 1. The van der Waals surface area contributed by atoms with Crippen LogP contribution in [0.15, 0.2) is 48.1 Å². The Hall–Kier alpha value is -2.51. The van der Waals surface area contributed by atoms with Crippen molar-refractivity contribution in [2.45, 2.75) is 19.7 Å². The van der Waals surface area contributed by atoms with Crippen LogP contribution in [-0.2, 0) is 6.54 Å². The molecule has 6 nitrogen and oxygen atoms in total. The molecule has 0 saturated carbocycles. The average molecular weight is 345 g/mol. The summed E-state index contributed by atoms with van der Waals surface area (Å²) in [6.45, 7) is 2.45. The van der Waals surface area contributed by atoms with Gasteiger partial charge in [-0.3, -0.25) is 5.10 Å². The van der Waals surface area contributed by atoms with Crippen LogP contribution in [-0.4, -0.2) is 33.2 Å². The average Bonchev–Trinajstić information content (AvgIpc) is 3.25. The molecule has 0 fully saturated rings. The van der Waals surface area contributed by atoms with E-state index >= 15 is 0 Å². The first-order valence-corrected chi connectivity index (χ1v) is 8.40. The summed E-state index contributed by atoms with van der Waals surface area (Å²) < 4.78 is 5.58. The van der Waals surface area contributed by atoms with Gasteiger partial charge in [0.2, 0.25) is 0 Å². The number of phenolic OH excluding ortho intramolecular Hbond substituents is 1. The topological polar surface area (TPSA) is 81.6 Å². The van der Waals surface area contributed by atoms with Gasteiger partial charge in [0.15, 0.2) is 17.7 Å². The Balaban J connectivity index is 1.70. The first kappa shape index (κ1) is 16.4. The van der Waals surface area contributed by atoms with Gasteiger partial charge in [-0.25, -0.2) is 0 Å². The number of anilines is 1. The number of H-pyrrole nitrogens is 1. The van der Waals surface area contributed by atoms with Crippen LogP contribution in [0, 0.1) is 6.92 Å². The van der Waals surface area contributed by atoms with E-state index in [1.165, 1.54) is 0 Å². The molecule has 3 N–H and O–H groups in total. The number of ether oxygens (including phenoxy) is 1. The number of nitrogens with one attached hydrogen (secondary N) is 1. The number of thiophene rings is 1. The number of hydrogen-bond acceptors (Lipinski definition) is 6. The minimum absolute atomic E-state index is 0.0210. The first-order valence-electron chi connectivity index (χ1n) is 7.52. The Morgan fingerprint density at radius 1 is 1.38 bits per heavy atom. The van der Waals surface area contributed by atoms with Crippen LogP contribution >= 0.6 is 11.3 Å². The number of aryl methyl sites for hydroxylation is 1. The highest BCUT2D eigenvalue weighted by molar-refractivity contribution is 7.09. The molecule has 2 aromatic heterocycles. The van der Waals surface area contributed by atoms with Crippen molar-refractivity contribution in [3.8, 4) is 11.5 Å². The number of aromatic amines is 1. The lowest BCUT2D eigenvalue weighted by Gasteiger charge is -2.28. The van der Waals surface area contributed by atoms with Crippen LogP contribution in [0.3, 0.4) is 0 Å². The predicted octanol–water partition coefficient (Wildman–Crippen LogP) is 2.89. The minimum Gasteiger partial charge on any atom is -0.504 e. The summed E-state index contributed by atoms with van der Waals surface area (Å²) in [4.78, 5) is 2.91. The van der Waals surface area contributed by atoms with Gasteiger partial charge in [0.05, 0.1) is 18.4 Å². The quantitative estimate of drug-likeness (QED) is 0.574. The van der Waals surface area contributed by atoms with Crippen molar-refractivity contribution in [2.75, 3.05) is 11.5 Å². The Kier molecular flexibility index (Phi) is 5.02. The Labute approximate surface area is 144 Å². The second-order valence-electron chi connectivity index (χ2n) is 5.43. The molecular formula is C17H19N3O3S. The van der Waals surface area contributed by atoms with Gasteiger partial charge in [-0.15, -0.1) is 11.3 Å². The molecule has 0 aliphatic carbocycles. The highest BCUT2D eigenvalue weighted by atomic mass is 32.1. The van der Waals surface area contributed by atoms with Gasteiger partial charge in [-0.1, -0.05) is 12.1 Å². The molecule has 0 amide bonds. The second kappa shape index (κ2) is 7.37. The van der Waals surface area contributed by atoms with Crippen LogP contribution in [0.25, 0.3) is 0 Å². The molecule has 0 saturated heterocycles. The minimum atomic E-state index is -0.884. The second-order valence-corrected chi connectivity index (χ2v) is 6.46. The molecular weight excluding hydrogens is 326 g/mol. The molecule has 24 heavy (non-hydrogen) atoms. The largest absolute Gasteiger partial charge is 0.504 e. The highest BCUT2D eigenvalue weighted by Gasteiger charge is 2.19. The molecule has 1 aromatic carbocycles. The molecule has 0 aliphatic rings. The number of nitrogens with zero attached hydrogens (tertiary/aromatic N) is 2. The van der Waals surface area contributed by atoms with E-state index in [9.17, 15) is 10.2 Å². The van der Waals surface area contributed by atoms with E-state index in [1.807, 2.05) is 30.5 Å². The molecule has 3 rings (SSSR count). The van der Waals surface area contributed by atoms with E-state index in [2.05, 4.69) is 10.2 Å². The van der Waals surface area contributed by atoms with E-state index in [4.69, 9.17) is 4.74 Å². The fourth-order valence-electron chi connectivity index (χ4n) is 2.34. The number of aromatic hydroxyl groups is 1. The van der Waals surface area contributed by atoms with Crippen molar-refractivity contribution in [3.05, 3.63) is 58.5 Å². The molecule has 1 atom stereocenters. The summed E-state index contributed by atoms with van der Waals surface area (Å²) in [5, 5.41) is 29.2. The van der Waals surface area contributed by atoms with Crippen LogP contribution in [0.5, 0.6) is 11.5 Å². The summed E-state index contributed by atoms with van der Waals surface area (Å²) in [7, 11) is 0. The summed E-state index contributed by atoms with van der Waals surface area (Å²) in [6.07, 6.45) is 2.49. The van der Waals surface area contributed by atoms with Crippen molar-refractivity contribution in [1.29, 1.82) is 0 Å². The van der Waals surface area contributed by atoms with Gasteiger partial charge in [0.25, 0.3) is 0 Å². The van der Waals surface area contributed by atoms with Crippen molar-refractivity contribution in [2.24, 2.45) is 0 Å². The van der Waals surface area contributed by atoms with Gasteiger partial charge < -0.3 is 19.8 Å². The lowest BCUT2D eigenvalue weighted by molar-refractivity contribution is 0.101. The number of aliphatic hydroxyl groups excluding tert-OH is 1. The number of rotatable bonds is 7. The Morgan fingerprint density at radius 3 is 2.92 bits per heavy atom. The summed E-state index contributed by atoms with van der Waals surface area (Å²) in [6, 6.07) is 9.15. The zero-order valence-corrected chi connectivity index (χ0v) is 14.0. The maximum Gasteiger partial charge on any atom is 0.161 e. The third-order valence-corrected chi connectivity index (χ3v) is 4.44. The molecule has 126 valence electrons. The maximum absolute atomic E-state index is 10.6. The van der Waals surface area contributed by atoms with E-state index in [1.54, 1.807) is 40.8 Å². The van der Waals surface area contributed by atoms with E-state index in [0.717, 1.165) is 16.1 Å². The van der Waals surface area contributed by atoms with E-state index in [0.29, 0.717) is 12.3 Å². The fourth-order valence-corrected chi connectivity index (χ4v) is 3.05. The predicted molar refractivity (Wildman–Crippen MR) is 93.4 cm³/mol. The number of hydrogen-bond donors (Lipinski definition) is 3. The molecule has 2 heterocycles. The van der Waals surface area contributed by atoms with Crippen LogP contribution in [0.1, 0.15) is 10.4 Å². The summed E-state index contributed by atoms with van der Waals surface area (Å²) >= 11 is 1.62. The fraction of sp³-hybridized carbons (Fsp3) is 0.235. The molecule has 3 aromatic rings. The van der Waals surface area contributed by atoms with Crippen molar-refractivity contribution in [1.82, 2.24) is 10.2 Å². The van der Waals surface area contributed by atoms with Gasteiger partial charge >= 0.3 is 0 Å². The lowest BCUT2D eigenvalue weighted by Crippen LogP contribution is -2.38. The van der Waals surface area contributed by atoms with Crippen LogP contribution < -0.4 is 9.64 Å². The summed E-state index contributed by atoms with van der Waals surface area (Å²) in [5.74, 6) is 0.415. The van der Waals surface area contributed by atoms with E-state index in [-0.39, 0.29) is 12.4 Å². The third kappa shape index (κ3) is 3.87. The lowest BCUT2D eigenvalue weighted by atomic mass is 10.2. The molecule has 7 heteroatoms. The molecule has 0 radical (unpaired) electrons. The van der Waals surface area contributed by atoms with Gasteiger partial charge in [-0.05, 0) is 36.1 Å².